The van der Waals surface area contributed by atoms with Gasteiger partial charge in [-0.1, -0.05) is 30.3 Å². The zero-order chi connectivity index (χ0) is 17.2. The minimum atomic E-state index is 0.535. The van der Waals surface area contributed by atoms with Crippen molar-refractivity contribution in [3.63, 3.8) is 0 Å². The Labute approximate surface area is 145 Å². The standard InChI is InChI=1S/C20H17N5/c1-13-11-16(12-23-19(13)21)18-17(14-7-9-22-10-8-14)24-20(25-18)15-5-3-2-4-6-15/h2-12H,1H3,(H2,21,23)(H,24,25). The van der Waals surface area contributed by atoms with Gasteiger partial charge in [0.25, 0.3) is 0 Å². The van der Waals surface area contributed by atoms with Crippen molar-refractivity contribution in [1.82, 2.24) is 19.9 Å². The molecule has 0 saturated heterocycles. The van der Waals surface area contributed by atoms with Crippen LogP contribution in [0.25, 0.3) is 33.9 Å². The maximum absolute atomic E-state index is 5.86. The summed E-state index contributed by atoms with van der Waals surface area (Å²) in [4.78, 5) is 16.7. The van der Waals surface area contributed by atoms with Crippen LogP contribution >= 0.6 is 0 Å². The topological polar surface area (TPSA) is 80.5 Å². The number of hydrogen-bond donors (Lipinski definition) is 2. The van der Waals surface area contributed by atoms with Gasteiger partial charge in [-0.3, -0.25) is 4.98 Å². The lowest BCUT2D eigenvalue weighted by molar-refractivity contribution is 1.26. The molecular weight excluding hydrogens is 310 g/mol. The zero-order valence-electron chi connectivity index (χ0n) is 13.8. The molecule has 0 aliphatic rings. The highest BCUT2D eigenvalue weighted by Gasteiger charge is 2.16. The number of benzene rings is 1. The number of aryl methyl sites for hydroxylation is 1. The minimum absolute atomic E-state index is 0.535. The molecule has 3 aromatic heterocycles. The van der Waals surface area contributed by atoms with Crippen LogP contribution in [0.5, 0.6) is 0 Å². The second kappa shape index (κ2) is 6.20. The second-order valence-corrected chi connectivity index (χ2v) is 5.84. The molecule has 0 aliphatic carbocycles. The first-order valence-corrected chi connectivity index (χ1v) is 8.00. The van der Waals surface area contributed by atoms with Crippen molar-refractivity contribution in [2.24, 2.45) is 0 Å². The van der Waals surface area contributed by atoms with Crippen LogP contribution in [0.4, 0.5) is 5.82 Å². The summed E-state index contributed by atoms with van der Waals surface area (Å²) < 4.78 is 0. The molecule has 1 aromatic carbocycles. The van der Waals surface area contributed by atoms with Crippen LogP contribution in [0.1, 0.15) is 5.56 Å². The SMILES string of the molecule is Cc1cc(-c2nc(-c3ccccc3)[nH]c2-c2ccncc2)cnc1N. The molecule has 0 fully saturated rings. The third-order valence-corrected chi connectivity index (χ3v) is 4.11. The van der Waals surface area contributed by atoms with E-state index < -0.39 is 0 Å². The summed E-state index contributed by atoms with van der Waals surface area (Å²) >= 11 is 0. The van der Waals surface area contributed by atoms with Gasteiger partial charge in [0, 0.05) is 35.3 Å². The van der Waals surface area contributed by atoms with Gasteiger partial charge >= 0.3 is 0 Å². The highest BCUT2D eigenvalue weighted by molar-refractivity contribution is 5.81. The molecular formula is C20H17N5. The molecule has 0 spiro atoms. The fourth-order valence-corrected chi connectivity index (χ4v) is 2.76. The van der Waals surface area contributed by atoms with E-state index in [2.05, 4.69) is 15.0 Å². The molecule has 0 unspecified atom stereocenters. The van der Waals surface area contributed by atoms with Crippen LogP contribution < -0.4 is 5.73 Å². The molecule has 4 aromatic rings. The lowest BCUT2D eigenvalue weighted by Crippen LogP contribution is -1.94. The van der Waals surface area contributed by atoms with Gasteiger partial charge in [-0.25, -0.2) is 9.97 Å². The largest absolute Gasteiger partial charge is 0.383 e. The van der Waals surface area contributed by atoms with Crippen molar-refractivity contribution < 1.29 is 0 Å². The Morgan fingerprint density at radius 2 is 1.68 bits per heavy atom. The van der Waals surface area contributed by atoms with Crippen molar-refractivity contribution >= 4 is 5.82 Å². The van der Waals surface area contributed by atoms with Gasteiger partial charge in [0.1, 0.15) is 11.6 Å². The lowest BCUT2D eigenvalue weighted by atomic mass is 10.1. The number of nitrogens with one attached hydrogen (secondary N) is 1. The third kappa shape index (κ3) is 2.87. The normalized spacial score (nSPS) is 10.8. The summed E-state index contributed by atoms with van der Waals surface area (Å²) in [6.07, 6.45) is 5.31. The Morgan fingerprint density at radius 1 is 0.920 bits per heavy atom. The lowest BCUT2D eigenvalue weighted by Gasteiger charge is -2.05. The number of nitrogens with zero attached hydrogens (tertiary/aromatic N) is 3. The third-order valence-electron chi connectivity index (χ3n) is 4.11. The number of imidazole rings is 1. The number of aromatic amines is 1. The smallest absolute Gasteiger partial charge is 0.138 e. The summed E-state index contributed by atoms with van der Waals surface area (Å²) in [5.74, 6) is 1.35. The highest BCUT2D eigenvalue weighted by atomic mass is 14.9. The summed E-state index contributed by atoms with van der Waals surface area (Å²) in [5.41, 5.74) is 11.6. The first kappa shape index (κ1) is 15.1. The minimum Gasteiger partial charge on any atom is -0.383 e. The Morgan fingerprint density at radius 3 is 2.40 bits per heavy atom. The van der Waals surface area contributed by atoms with Gasteiger partial charge in [-0.2, -0.15) is 0 Å². The zero-order valence-corrected chi connectivity index (χ0v) is 13.8. The van der Waals surface area contributed by atoms with Crippen LogP contribution in [0, 0.1) is 6.92 Å². The van der Waals surface area contributed by atoms with E-state index >= 15 is 0 Å². The molecule has 0 radical (unpaired) electrons. The van der Waals surface area contributed by atoms with E-state index in [1.165, 1.54) is 0 Å². The first-order chi connectivity index (χ1) is 12.2. The number of rotatable bonds is 3. The molecule has 0 atom stereocenters. The highest BCUT2D eigenvalue weighted by Crippen LogP contribution is 2.33. The number of anilines is 1. The van der Waals surface area contributed by atoms with Crippen molar-refractivity contribution in [1.29, 1.82) is 0 Å². The first-order valence-electron chi connectivity index (χ1n) is 8.00. The van der Waals surface area contributed by atoms with Crippen molar-refractivity contribution in [3.8, 4) is 33.9 Å². The van der Waals surface area contributed by atoms with Crippen LogP contribution in [0.2, 0.25) is 0 Å². The number of nitrogens with two attached hydrogens (primary N) is 1. The average Bonchev–Trinajstić information content (AvgIpc) is 3.11. The number of hydrogen-bond acceptors (Lipinski definition) is 4. The number of nitrogen functional groups attached to an aromatic ring is 1. The predicted molar refractivity (Wildman–Crippen MR) is 99.6 cm³/mol. The van der Waals surface area contributed by atoms with Crippen LogP contribution in [0.15, 0.2) is 67.1 Å². The molecule has 122 valence electrons. The maximum Gasteiger partial charge on any atom is 0.138 e. The van der Waals surface area contributed by atoms with E-state index in [-0.39, 0.29) is 0 Å². The number of pyridine rings is 2. The van der Waals surface area contributed by atoms with Gasteiger partial charge in [0.2, 0.25) is 0 Å². The quantitative estimate of drug-likeness (QED) is 0.594. The Balaban J connectivity index is 1.92. The predicted octanol–water partition coefficient (Wildman–Crippen LogP) is 4.09. The van der Waals surface area contributed by atoms with Crippen LogP contribution in [-0.4, -0.2) is 19.9 Å². The molecule has 5 nitrogen and oxygen atoms in total. The van der Waals surface area contributed by atoms with E-state index in [0.29, 0.717) is 5.82 Å². The second-order valence-electron chi connectivity index (χ2n) is 5.84. The van der Waals surface area contributed by atoms with Gasteiger partial charge in [0.05, 0.1) is 11.4 Å². The van der Waals surface area contributed by atoms with E-state index in [1.54, 1.807) is 18.6 Å². The van der Waals surface area contributed by atoms with Gasteiger partial charge in [-0.05, 0) is 30.7 Å². The molecule has 5 heteroatoms. The summed E-state index contributed by atoms with van der Waals surface area (Å²) in [6.45, 7) is 1.95. The Hall–Kier alpha value is -3.47. The Kier molecular flexibility index (Phi) is 3.74. The monoisotopic (exact) mass is 327 g/mol. The van der Waals surface area contributed by atoms with Crippen LogP contribution in [-0.2, 0) is 0 Å². The van der Waals surface area contributed by atoms with E-state index in [1.807, 2.05) is 55.5 Å². The fourth-order valence-electron chi connectivity index (χ4n) is 2.76. The molecule has 25 heavy (non-hydrogen) atoms. The molecule has 0 bridgehead atoms. The van der Waals surface area contributed by atoms with Crippen molar-refractivity contribution in [3.05, 3.63) is 72.7 Å². The van der Waals surface area contributed by atoms with E-state index in [0.717, 1.165) is 39.5 Å². The number of H-pyrrole nitrogens is 1. The Bertz CT molecular complexity index is 1010. The molecule has 0 saturated carbocycles. The number of aromatic nitrogens is 4. The van der Waals surface area contributed by atoms with Crippen molar-refractivity contribution in [2.75, 3.05) is 5.73 Å². The summed E-state index contributed by atoms with van der Waals surface area (Å²) in [6, 6.07) is 16.0. The van der Waals surface area contributed by atoms with Gasteiger partial charge < -0.3 is 10.7 Å². The van der Waals surface area contributed by atoms with Crippen LogP contribution in [0.3, 0.4) is 0 Å². The average molecular weight is 327 g/mol. The molecule has 3 heterocycles. The van der Waals surface area contributed by atoms with Gasteiger partial charge in [-0.15, -0.1) is 0 Å². The van der Waals surface area contributed by atoms with Gasteiger partial charge in [0.15, 0.2) is 0 Å². The van der Waals surface area contributed by atoms with Crippen molar-refractivity contribution in [2.45, 2.75) is 6.92 Å². The summed E-state index contributed by atoms with van der Waals surface area (Å²) in [7, 11) is 0. The molecule has 3 N–H and O–H groups in total. The summed E-state index contributed by atoms with van der Waals surface area (Å²) in [5, 5.41) is 0. The molecule has 0 amide bonds. The maximum atomic E-state index is 5.86. The van der Waals surface area contributed by atoms with E-state index in [4.69, 9.17) is 10.7 Å². The molecule has 4 rings (SSSR count). The fraction of sp³-hybridized carbons (Fsp3) is 0.0500. The molecule has 0 aliphatic heterocycles. The van der Waals surface area contributed by atoms with E-state index in [9.17, 15) is 0 Å².